The van der Waals surface area contributed by atoms with Crippen molar-refractivity contribution in [2.75, 3.05) is 0 Å². The van der Waals surface area contributed by atoms with Crippen molar-refractivity contribution in [2.24, 2.45) is 17.5 Å². The zero-order chi connectivity index (χ0) is 20.4. The van der Waals surface area contributed by atoms with Gasteiger partial charge in [0.05, 0.1) is 11.2 Å². The fourth-order valence-corrected chi connectivity index (χ4v) is 3.58. The molecule has 7 heteroatoms. The van der Waals surface area contributed by atoms with Gasteiger partial charge in [0.25, 0.3) is 5.91 Å². The van der Waals surface area contributed by atoms with Crippen molar-refractivity contribution >= 4 is 38.5 Å². The van der Waals surface area contributed by atoms with Crippen molar-refractivity contribution in [3.05, 3.63) is 78.5 Å². The summed E-state index contributed by atoms with van der Waals surface area (Å²) in [5, 5.41) is 4.27. The largest absolute Gasteiger partial charge is 0.353 e. The number of hydrogen-bond acceptors (Lipinski definition) is 5. The van der Waals surface area contributed by atoms with E-state index in [0.717, 1.165) is 43.8 Å². The van der Waals surface area contributed by atoms with Gasteiger partial charge < -0.3 is 4.98 Å². The second kappa shape index (κ2) is 7.69. The second-order valence-corrected chi connectivity index (χ2v) is 6.48. The Balaban J connectivity index is 0.000000994. The fraction of sp³-hybridized carbons (Fsp3) is 0. The highest BCUT2D eigenvalue weighted by Gasteiger charge is 2.16. The molecule has 5 rings (SSSR count). The van der Waals surface area contributed by atoms with Crippen LogP contribution in [0.15, 0.2) is 72.8 Å². The van der Waals surface area contributed by atoms with E-state index >= 15 is 0 Å². The Morgan fingerprint density at radius 2 is 1.59 bits per heavy atom. The van der Waals surface area contributed by atoms with Crippen LogP contribution in [0.25, 0.3) is 43.8 Å². The topological polar surface area (TPSA) is 136 Å². The number of H-pyrrole nitrogens is 1. The summed E-state index contributed by atoms with van der Waals surface area (Å²) >= 11 is 0. The van der Waals surface area contributed by atoms with Crippen molar-refractivity contribution in [1.29, 1.82) is 0 Å². The van der Waals surface area contributed by atoms with E-state index < -0.39 is 5.91 Å². The summed E-state index contributed by atoms with van der Waals surface area (Å²) < 4.78 is 0. The molecule has 2 aromatic heterocycles. The molecule has 0 aliphatic heterocycles. The van der Waals surface area contributed by atoms with Gasteiger partial charge in [0.2, 0.25) is 0 Å². The lowest BCUT2D eigenvalue weighted by atomic mass is 10.0. The first-order valence-corrected chi connectivity index (χ1v) is 8.99. The fourth-order valence-electron chi connectivity index (χ4n) is 3.58. The number of rotatable bonds is 2. The number of nitrogens with two attached hydrogens (primary N) is 3. The van der Waals surface area contributed by atoms with Crippen LogP contribution in [-0.2, 0) is 0 Å². The highest BCUT2D eigenvalue weighted by Crippen LogP contribution is 2.33. The highest BCUT2D eigenvalue weighted by atomic mass is 16.2. The molecule has 0 atom stereocenters. The van der Waals surface area contributed by atoms with Gasteiger partial charge in [-0.05, 0) is 29.0 Å². The number of nitrogens with zero attached hydrogens (tertiary/aromatic N) is 1. The number of nitrogen functional groups attached to an aromatic ring is 1. The summed E-state index contributed by atoms with van der Waals surface area (Å²) in [6.45, 7) is 0. The first-order valence-electron chi connectivity index (χ1n) is 8.99. The molecule has 144 valence electrons. The van der Waals surface area contributed by atoms with Gasteiger partial charge in [-0.2, -0.15) is 0 Å². The summed E-state index contributed by atoms with van der Waals surface area (Å²) in [5.41, 5.74) is 6.05. The van der Waals surface area contributed by atoms with Crippen molar-refractivity contribution in [3.8, 4) is 11.3 Å². The molecule has 0 unspecified atom stereocenters. The van der Waals surface area contributed by atoms with E-state index in [-0.39, 0.29) is 5.69 Å². The highest BCUT2D eigenvalue weighted by molar-refractivity contribution is 6.13. The number of aromatic nitrogens is 2. The molecule has 29 heavy (non-hydrogen) atoms. The van der Waals surface area contributed by atoms with Gasteiger partial charge in [0.15, 0.2) is 0 Å². The molecule has 2 heterocycles. The van der Waals surface area contributed by atoms with E-state index in [0.29, 0.717) is 0 Å². The van der Waals surface area contributed by atoms with Gasteiger partial charge in [-0.3, -0.25) is 21.9 Å². The Morgan fingerprint density at radius 1 is 0.862 bits per heavy atom. The minimum Gasteiger partial charge on any atom is -0.353 e. The molecule has 0 aliphatic carbocycles. The average Bonchev–Trinajstić information content (AvgIpc) is 3.17. The number of pyridine rings is 1. The second-order valence-electron chi connectivity index (χ2n) is 6.48. The molecule has 0 fully saturated rings. The number of carbonyl (C=O) groups is 1. The maximum Gasteiger partial charge on any atom is 0.283 e. The van der Waals surface area contributed by atoms with Crippen LogP contribution in [0.3, 0.4) is 0 Å². The maximum atomic E-state index is 12.2. The number of para-hydroxylation sites is 1. The van der Waals surface area contributed by atoms with Crippen LogP contribution in [-0.4, -0.2) is 15.9 Å². The zero-order valence-electron chi connectivity index (χ0n) is 15.5. The number of hydrogen-bond donors (Lipinski definition) is 5. The van der Waals surface area contributed by atoms with Crippen LogP contribution in [0.4, 0.5) is 0 Å². The van der Waals surface area contributed by atoms with Crippen molar-refractivity contribution in [3.63, 3.8) is 0 Å². The predicted molar refractivity (Wildman–Crippen MR) is 117 cm³/mol. The van der Waals surface area contributed by atoms with Crippen molar-refractivity contribution in [2.45, 2.75) is 0 Å². The number of carbonyl (C=O) groups excluding carboxylic acids is 1. The Bertz CT molecular complexity index is 1340. The van der Waals surface area contributed by atoms with Crippen LogP contribution >= 0.6 is 0 Å². The van der Waals surface area contributed by atoms with Crippen LogP contribution in [0.5, 0.6) is 0 Å². The number of aromatic amines is 1. The lowest BCUT2D eigenvalue weighted by Crippen LogP contribution is -2.30. The van der Waals surface area contributed by atoms with Gasteiger partial charge in [-0.25, -0.2) is 10.8 Å². The average molecular weight is 384 g/mol. The third kappa shape index (κ3) is 3.19. The Kier molecular flexibility index (Phi) is 4.92. The van der Waals surface area contributed by atoms with Gasteiger partial charge in [-0.15, -0.1) is 0 Å². The van der Waals surface area contributed by atoms with Crippen LogP contribution < -0.4 is 23.0 Å². The standard InChI is InChI=1S/C22H16N4O.H4N2/c23-26-22(27)19-12-17-16-7-3-4-8-18(16)24-21(17)20(25-19)15-10-9-13-5-1-2-6-14(13)11-15;1-2/h1-12,24H,23H2,(H,26,27);1-2H2. The monoisotopic (exact) mass is 384 g/mol. The first-order chi connectivity index (χ1) is 14.2. The van der Waals surface area contributed by atoms with Crippen LogP contribution in [0.2, 0.25) is 0 Å². The Hall–Kier alpha value is -3.78. The van der Waals surface area contributed by atoms with E-state index in [4.69, 9.17) is 5.84 Å². The van der Waals surface area contributed by atoms with Gasteiger partial charge >= 0.3 is 0 Å². The van der Waals surface area contributed by atoms with Gasteiger partial charge in [-0.1, -0.05) is 54.6 Å². The lowest BCUT2D eigenvalue weighted by Gasteiger charge is -2.08. The molecule has 0 saturated carbocycles. The quantitative estimate of drug-likeness (QED) is 0.181. The van der Waals surface area contributed by atoms with E-state index in [2.05, 4.69) is 51.3 Å². The molecule has 0 radical (unpaired) electrons. The van der Waals surface area contributed by atoms with Crippen LogP contribution in [0.1, 0.15) is 10.5 Å². The Morgan fingerprint density at radius 3 is 2.38 bits per heavy atom. The molecule has 8 N–H and O–H groups in total. The van der Waals surface area contributed by atoms with E-state index in [1.165, 1.54) is 0 Å². The summed E-state index contributed by atoms with van der Waals surface area (Å²) in [5.74, 6) is 12.9. The normalized spacial score (nSPS) is 10.7. The predicted octanol–water partition coefficient (Wildman–Crippen LogP) is 2.96. The molecule has 3 aromatic carbocycles. The van der Waals surface area contributed by atoms with Crippen molar-refractivity contribution < 1.29 is 4.79 Å². The van der Waals surface area contributed by atoms with Crippen molar-refractivity contribution in [1.82, 2.24) is 15.4 Å². The molecule has 0 saturated heterocycles. The molecular weight excluding hydrogens is 364 g/mol. The zero-order valence-corrected chi connectivity index (χ0v) is 15.5. The van der Waals surface area contributed by atoms with E-state index in [1.54, 1.807) is 6.07 Å². The summed E-state index contributed by atoms with van der Waals surface area (Å²) in [4.78, 5) is 20.3. The number of amides is 1. The molecular formula is C22H20N6O. The van der Waals surface area contributed by atoms with E-state index in [9.17, 15) is 4.79 Å². The van der Waals surface area contributed by atoms with E-state index in [1.807, 2.05) is 42.5 Å². The first kappa shape index (κ1) is 18.6. The smallest absolute Gasteiger partial charge is 0.283 e. The summed E-state index contributed by atoms with van der Waals surface area (Å²) in [6, 6.07) is 24.1. The lowest BCUT2D eigenvalue weighted by molar-refractivity contribution is 0.0949. The Labute approximate surface area is 166 Å². The maximum absolute atomic E-state index is 12.2. The minimum absolute atomic E-state index is 0.290. The number of benzene rings is 3. The third-order valence-electron chi connectivity index (χ3n) is 4.88. The SMILES string of the molecule is NN.NNC(=O)c1cc2c([nH]c3ccccc32)c(-c2ccc3ccccc3c2)n1. The van der Waals surface area contributed by atoms with Gasteiger partial charge in [0, 0.05) is 21.9 Å². The molecule has 0 bridgehead atoms. The summed E-state index contributed by atoms with van der Waals surface area (Å²) in [7, 11) is 0. The molecule has 0 spiro atoms. The molecule has 1 amide bonds. The van der Waals surface area contributed by atoms with Gasteiger partial charge in [0.1, 0.15) is 5.69 Å². The summed E-state index contributed by atoms with van der Waals surface area (Å²) in [6.07, 6.45) is 0. The molecule has 7 nitrogen and oxygen atoms in total. The minimum atomic E-state index is -0.413. The number of fused-ring (bicyclic) bond motifs is 4. The number of nitrogens with one attached hydrogen (secondary N) is 2. The molecule has 5 aromatic rings. The number of hydrazine groups is 2. The molecule has 0 aliphatic rings. The third-order valence-corrected chi connectivity index (χ3v) is 4.88. The van der Waals surface area contributed by atoms with Crippen LogP contribution in [0, 0.1) is 0 Å².